The fraction of sp³-hybridized carbons (Fsp3) is 0.429. The molecule has 3 N–H and O–H groups in total. The molecule has 0 bridgehead atoms. The van der Waals surface area contributed by atoms with E-state index < -0.39 is 10.0 Å². The Bertz CT molecular complexity index is 1160. The molecule has 0 amide bonds. The molecule has 0 unspecified atom stereocenters. The molecule has 2 aromatic heterocycles. The van der Waals surface area contributed by atoms with Gasteiger partial charge in [-0.2, -0.15) is 0 Å². The van der Waals surface area contributed by atoms with Gasteiger partial charge in [-0.1, -0.05) is 13.0 Å². The molecule has 0 spiro atoms. The van der Waals surface area contributed by atoms with Crippen LogP contribution >= 0.6 is 0 Å². The molecule has 1 aromatic carbocycles. The summed E-state index contributed by atoms with van der Waals surface area (Å²) in [5.41, 5.74) is 9.89. The highest BCUT2D eigenvalue weighted by Gasteiger charge is 2.25. The molecule has 1 aliphatic carbocycles. The number of rotatable bonds is 4. The number of aromatic nitrogens is 3. The zero-order chi connectivity index (χ0) is 20.8. The first kappa shape index (κ1) is 19.8. The summed E-state index contributed by atoms with van der Waals surface area (Å²) in [6, 6.07) is 5.23. The number of nitrogen functional groups attached to an aromatic ring is 1. The van der Waals surface area contributed by atoms with Crippen molar-refractivity contribution in [2.75, 3.05) is 5.73 Å². The van der Waals surface area contributed by atoms with Crippen LogP contribution < -0.4 is 10.5 Å². The number of nitrogens with two attached hydrogens (primary N) is 1. The highest BCUT2D eigenvalue weighted by molar-refractivity contribution is 7.89. The van der Waals surface area contributed by atoms with Crippen molar-refractivity contribution in [1.29, 1.82) is 0 Å². The van der Waals surface area contributed by atoms with Crippen LogP contribution in [0.1, 0.15) is 43.9 Å². The predicted octanol–water partition coefficient (Wildman–Crippen LogP) is 3.45. The SMILES string of the molecule is Cc1cn2c(-c3cc(S(=O)(=O)NC4CCC(C)CC4)ccc3C)cnc2c(N)n1. The van der Waals surface area contributed by atoms with Crippen molar-refractivity contribution in [2.45, 2.75) is 57.4 Å². The molecule has 1 fully saturated rings. The molecule has 8 heteroatoms. The van der Waals surface area contributed by atoms with Crippen molar-refractivity contribution in [3.8, 4) is 11.3 Å². The van der Waals surface area contributed by atoms with E-state index >= 15 is 0 Å². The van der Waals surface area contributed by atoms with Crippen molar-refractivity contribution < 1.29 is 8.42 Å². The number of hydrogen-bond acceptors (Lipinski definition) is 5. The number of fused-ring (bicyclic) bond motifs is 1. The van der Waals surface area contributed by atoms with Gasteiger partial charge in [0.05, 0.1) is 22.5 Å². The van der Waals surface area contributed by atoms with E-state index in [0.717, 1.165) is 48.2 Å². The zero-order valence-corrected chi connectivity index (χ0v) is 17.8. The van der Waals surface area contributed by atoms with Gasteiger partial charge in [-0.15, -0.1) is 0 Å². The predicted molar refractivity (Wildman–Crippen MR) is 114 cm³/mol. The molecular weight excluding hydrogens is 386 g/mol. The lowest BCUT2D eigenvalue weighted by Crippen LogP contribution is -2.37. The van der Waals surface area contributed by atoms with Crippen molar-refractivity contribution in [2.24, 2.45) is 5.92 Å². The molecule has 154 valence electrons. The van der Waals surface area contributed by atoms with Crippen LogP contribution in [-0.4, -0.2) is 28.8 Å². The second-order valence-corrected chi connectivity index (χ2v) is 9.87. The molecule has 2 heterocycles. The van der Waals surface area contributed by atoms with Gasteiger partial charge in [0.15, 0.2) is 11.5 Å². The first-order chi connectivity index (χ1) is 13.7. The Morgan fingerprint density at radius 1 is 1.17 bits per heavy atom. The van der Waals surface area contributed by atoms with Gasteiger partial charge < -0.3 is 5.73 Å². The minimum atomic E-state index is -3.59. The Morgan fingerprint density at radius 3 is 2.62 bits per heavy atom. The largest absolute Gasteiger partial charge is 0.381 e. The molecular formula is C21H27N5O2S. The molecule has 1 saturated carbocycles. The Morgan fingerprint density at radius 2 is 1.90 bits per heavy atom. The van der Waals surface area contributed by atoms with E-state index in [9.17, 15) is 8.42 Å². The molecule has 0 aliphatic heterocycles. The van der Waals surface area contributed by atoms with E-state index in [1.54, 1.807) is 18.3 Å². The average molecular weight is 414 g/mol. The molecule has 29 heavy (non-hydrogen) atoms. The third-order valence-electron chi connectivity index (χ3n) is 5.77. The van der Waals surface area contributed by atoms with E-state index in [0.29, 0.717) is 17.4 Å². The lowest BCUT2D eigenvalue weighted by atomic mass is 9.88. The molecule has 0 saturated heterocycles. The number of sulfonamides is 1. The normalized spacial score (nSPS) is 20.2. The van der Waals surface area contributed by atoms with Crippen molar-refractivity contribution >= 4 is 21.5 Å². The van der Waals surface area contributed by atoms with Gasteiger partial charge in [-0.05, 0) is 63.1 Å². The lowest BCUT2D eigenvalue weighted by molar-refractivity contribution is 0.332. The van der Waals surface area contributed by atoms with Crippen molar-refractivity contribution in [3.63, 3.8) is 0 Å². The smallest absolute Gasteiger partial charge is 0.240 e. The van der Waals surface area contributed by atoms with Gasteiger partial charge in [0, 0.05) is 17.8 Å². The van der Waals surface area contributed by atoms with E-state index in [2.05, 4.69) is 21.6 Å². The standard InChI is InChI=1S/C21H27N5O2S/c1-13-4-7-16(8-5-13)25-29(27,28)17-9-6-14(2)18(10-17)19-11-23-21-20(22)24-15(3)12-26(19)21/h6,9-13,16,25H,4-5,7-8H2,1-3H3,(H2,22,24). The molecule has 3 aromatic rings. The van der Waals surface area contributed by atoms with Gasteiger partial charge in [0.25, 0.3) is 0 Å². The zero-order valence-electron chi connectivity index (χ0n) is 17.0. The van der Waals surface area contributed by atoms with Gasteiger partial charge in [-0.3, -0.25) is 4.40 Å². The monoisotopic (exact) mass is 413 g/mol. The Balaban J connectivity index is 1.72. The summed E-state index contributed by atoms with van der Waals surface area (Å²) in [4.78, 5) is 8.90. The summed E-state index contributed by atoms with van der Waals surface area (Å²) in [5.74, 6) is 1.02. The summed E-state index contributed by atoms with van der Waals surface area (Å²) < 4.78 is 30.8. The number of hydrogen-bond donors (Lipinski definition) is 2. The minimum Gasteiger partial charge on any atom is -0.381 e. The average Bonchev–Trinajstić information content (AvgIpc) is 3.07. The summed E-state index contributed by atoms with van der Waals surface area (Å²) >= 11 is 0. The quantitative estimate of drug-likeness (QED) is 0.682. The first-order valence-corrected chi connectivity index (χ1v) is 11.5. The number of imidazole rings is 1. The van der Waals surface area contributed by atoms with E-state index in [-0.39, 0.29) is 10.9 Å². The van der Waals surface area contributed by atoms with Crippen LogP contribution in [-0.2, 0) is 10.0 Å². The second kappa shape index (κ2) is 7.42. The fourth-order valence-electron chi connectivity index (χ4n) is 4.05. The van der Waals surface area contributed by atoms with Crippen LogP contribution in [0.4, 0.5) is 5.82 Å². The van der Waals surface area contributed by atoms with Crippen LogP contribution in [0.25, 0.3) is 16.9 Å². The van der Waals surface area contributed by atoms with Crippen LogP contribution in [0.15, 0.2) is 35.5 Å². The number of benzene rings is 1. The number of nitrogens with one attached hydrogen (secondary N) is 1. The topological polar surface area (TPSA) is 102 Å². The molecule has 7 nitrogen and oxygen atoms in total. The molecule has 1 aliphatic rings. The lowest BCUT2D eigenvalue weighted by Gasteiger charge is -2.26. The van der Waals surface area contributed by atoms with E-state index in [1.807, 2.05) is 30.5 Å². The molecule has 0 atom stereocenters. The number of nitrogens with zero attached hydrogens (tertiary/aromatic N) is 3. The van der Waals surface area contributed by atoms with Crippen LogP contribution in [0.5, 0.6) is 0 Å². The van der Waals surface area contributed by atoms with Gasteiger partial charge >= 0.3 is 0 Å². The first-order valence-electron chi connectivity index (χ1n) is 9.98. The fourth-order valence-corrected chi connectivity index (χ4v) is 5.38. The van der Waals surface area contributed by atoms with E-state index in [1.165, 1.54) is 0 Å². The molecule has 0 radical (unpaired) electrons. The van der Waals surface area contributed by atoms with Gasteiger partial charge in [0.1, 0.15) is 0 Å². The summed E-state index contributed by atoms with van der Waals surface area (Å²) in [6.45, 7) is 6.04. The maximum atomic E-state index is 13.0. The maximum absolute atomic E-state index is 13.0. The third kappa shape index (κ3) is 3.86. The van der Waals surface area contributed by atoms with Gasteiger partial charge in [-0.25, -0.2) is 23.1 Å². The Hall–Kier alpha value is -2.45. The summed E-state index contributed by atoms with van der Waals surface area (Å²) in [5, 5.41) is 0. The van der Waals surface area contributed by atoms with Crippen molar-refractivity contribution in [1.82, 2.24) is 19.1 Å². The third-order valence-corrected chi connectivity index (χ3v) is 7.29. The highest BCUT2D eigenvalue weighted by Crippen LogP contribution is 2.29. The number of anilines is 1. The second-order valence-electron chi connectivity index (χ2n) is 8.16. The minimum absolute atomic E-state index is 0.00488. The summed E-state index contributed by atoms with van der Waals surface area (Å²) in [7, 11) is -3.59. The highest BCUT2D eigenvalue weighted by atomic mass is 32.2. The van der Waals surface area contributed by atoms with Crippen LogP contribution in [0, 0.1) is 19.8 Å². The maximum Gasteiger partial charge on any atom is 0.240 e. The van der Waals surface area contributed by atoms with Crippen LogP contribution in [0.3, 0.4) is 0 Å². The summed E-state index contributed by atoms with van der Waals surface area (Å²) in [6.07, 6.45) is 7.46. The number of aryl methyl sites for hydroxylation is 2. The van der Waals surface area contributed by atoms with Crippen molar-refractivity contribution in [3.05, 3.63) is 41.9 Å². The van der Waals surface area contributed by atoms with E-state index in [4.69, 9.17) is 5.73 Å². The Kier molecular flexibility index (Phi) is 5.08. The molecule has 4 rings (SSSR count). The Labute approximate surface area is 171 Å². The van der Waals surface area contributed by atoms with Gasteiger partial charge in [0.2, 0.25) is 10.0 Å². The van der Waals surface area contributed by atoms with Crippen LogP contribution in [0.2, 0.25) is 0 Å².